The van der Waals surface area contributed by atoms with Crippen LogP contribution < -0.4 is 0 Å². The van der Waals surface area contributed by atoms with Crippen LogP contribution in [0.1, 0.15) is 62.7 Å². The quantitative estimate of drug-likeness (QED) is 0.299. The van der Waals surface area contributed by atoms with Gasteiger partial charge < -0.3 is 15.3 Å². The number of carboxylic acid groups (broad SMARTS) is 1. The Morgan fingerprint density at radius 3 is 2.78 bits per heavy atom. The van der Waals surface area contributed by atoms with Crippen LogP contribution in [0.4, 0.5) is 0 Å². The molecule has 1 unspecified atom stereocenters. The molecule has 0 saturated heterocycles. The predicted molar refractivity (Wildman–Crippen MR) is 126 cm³/mol. The average molecular weight is 458 g/mol. The lowest BCUT2D eigenvalue weighted by Gasteiger charge is -2.45. The van der Waals surface area contributed by atoms with Crippen LogP contribution >= 0.6 is 11.3 Å². The van der Waals surface area contributed by atoms with E-state index >= 15 is 0 Å². The number of aliphatic hydroxyl groups excluding tert-OH is 2. The average Bonchev–Trinajstić information content (AvgIpc) is 3.35. The maximum Gasteiger partial charge on any atom is 0.303 e. The maximum absolute atomic E-state index is 11.0. The van der Waals surface area contributed by atoms with Crippen LogP contribution in [0.3, 0.4) is 0 Å². The van der Waals surface area contributed by atoms with Gasteiger partial charge in [0.25, 0.3) is 0 Å². The first-order valence-corrected chi connectivity index (χ1v) is 12.6. The smallest absolute Gasteiger partial charge is 0.303 e. The first-order valence-electron chi connectivity index (χ1n) is 11.8. The van der Waals surface area contributed by atoms with Crippen molar-refractivity contribution in [1.29, 1.82) is 5.26 Å². The molecule has 0 aliphatic heterocycles. The van der Waals surface area contributed by atoms with Crippen molar-refractivity contribution in [1.82, 2.24) is 0 Å². The summed E-state index contributed by atoms with van der Waals surface area (Å²) >= 11 is 1.75. The topological polar surface area (TPSA) is 102 Å². The van der Waals surface area contributed by atoms with Crippen LogP contribution in [0, 0.1) is 34.5 Å². The third-order valence-electron chi connectivity index (χ3n) is 7.33. The molecular weight excluding hydrogens is 422 g/mol. The summed E-state index contributed by atoms with van der Waals surface area (Å²) in [6.07, 6.45) is 14.5. The normalized spacial score (nSPS) is 28.0. The second kappa shape index (κ2) is 11.8. The van der Waals surface area contributed by atoms with Crippen LogP contribution in [0.15, 0.2) is 41.8 Å². The van der Waals surface area contributed by atoms with Crippen molar-refractivity contribution in [2.45, 2.75) is 76.4 Å². The fraction of sp³-hybridized carbons (Fsp3) is 0.615. The molecule has 32 heavy (non-hydrogen) atoms. The zero-order valence-corrected chi connectivity index (χ0v) is 19.4. The van der Waals surface area contributed by atoms with Crippen molar-refractivity contribution in [3.63, 3.8) is 0 Å². The highest BCUT2D eigenvalue weighted by Gasteiger charge is 2.43. The van der Waals surface area contributed by atoms with Gasteiger partial charge in [-0.3, -0.25) is 4.79 Å². The summed E-state index contributed by atoms with van der Waals surface area (Å²) in [6, 6.07) is 6.56. The molecule has 0 aromatic carbocycles. The zero-order chi connectivity index (χ0) is 23.0. The van der Waals surface area contributed by atoms with Crippen LogP contribution in [-0.2, 0) is 11.2 Å². The third kappa shape index (κ3) is 6.31. The number of carbonyl (C=O) groups is 1. The van der Waals surface area contributed by atoms with Crippen molar-refractivity contribution in [2.24, 2.45) is 23.2 Å². The number of aliphatic hydroxyl groups is 2. The van der Waals surface area contributed by atoms with Crippen molar-refractivity contribution >= 4 is 17.3 Å². The van der Waals surface area contributed by atoms with E-state index in [4.69, 9.17) is 5.11 Å². The van der Waals surface area contributed by atoms with Gasteiger partial charge in [0.1, 0.15) is 0 Å². The highest BCUT2D eigenvalue weighted by molar-refractivity contribution is 7.09. The van der Waals surface area contributed by atoms with E-state index < -0.39 is 18.2 Å². The minimum atomic E-state index is -0.784. The van der Waals surface area contributed by atoms with Gasteiger partial charge in [0.15, 0.2) is 0 Å². The largest absolute Gasteiger partial charge is 0.481 e. The number of thiophene rings is 1. The lowest BCUT2D eigenvalue weighted by atomic mass is 9.62. The first-order chi connectivity index (χ1) is 15.4. The predicted octanol–water partition coefficient (Wildman–Crippen LogP) is 5.11. The van der Waals surface area contributed by atoms with Crippen molar-refractivity contribution < 1.29 is 20.1 Å². The second-order valence-electron chi connectivity index (χ2n) is 9.42. The van der Waals surface area contributed by atoms with E-state index in [1.54, 1.807) is 11.3 Å². The Hall–Kier alpha value is -1.94. The molecule has 6 heteroatoms. The fourth-order valence-electron chi connectivity index (χ4n) is 5.26. The molecule has 5 atom stereocenters. The highest BCUT2D eigenvalue weighted by Crippen LogP contribution is 2.48. The SMILES string of the molecule is N#C[C@@H]1C[C@@H](O)[C@H](/C=C/CC(O)C2(Cc3cccs3)CCC2)[C@H]1C/C=C\CCCC(=O)O. The number of rotatable bonds is 12. The summed E-state index contributed by atoms with van der Waals surface area (Å²) < 4.78 is 0. The van der Waals surface area contributed by atoms with E-state index in [9.17, 15) is 20.3 Å². The molecular formula is C26H35NO4S. The molecule has 0 bridgehead atoms. The Morgan fingerprint density at radius 1 is 1.34 bits per heavy atom. The van der Waals surface area contributed by atoms with Crippen molar-refractivity contribution in [2.75, 3.05) is 0 Å². The number of carboxylic acids is 1. The lowest BCUT2D eigenvalue weighted by Crippen LogP contribution is -2.42. The number of unbranched alkanes of at least 4 members (excludes halogenated alkanes) is 1. The van der Waals surface area contributed by atoms with Gasteiger partial charge in [-0.25, -0.2) is 0 Å². The number of allylic oxidation sites excluding steroid dienone is 2. The fourth-order valence-corrected chi connectivity index (χ4v) is 6.12. The van der Waals surface area contributed by atoms with Gasteiger partial charge in [0.2, 0.25) is 0 Å². The van der Waals surface area contributed by atoms with E-state index in [1.807, 2.05) is 24.3 Å². The monoisotopic (exact) mass is 457 g/mol. The first kappa shape index (κ1) is 24.7. The van der Waals surface area contributed by atoms with Crippen LogP contribution in [0.5, 0.6) is 0 Å². The summed E-state index contributed by atoms with van der Waals surface area (Å²) in [6.45, 7) is 0. The molecule has 2 aliphatic rings. The Labute approximate surface area is 195 Å². The maximum atomic E-state index is 11.0. The van der Waals surface area contributed by atoms with Crippen LogP contribution in [0.25, 0.3) is 0 Å². The number of hydrogen-bond donors (Lipinski definition) is 3. The Morgan fingerprint density at radius 2 is 2.16 bits per heavy atom. The van der Waals surface area contributed by atoms with Crippen LogP contribution in [0.2, 0.25) is 0 Å². The molecule has 0 spiro atoms. The van der Waals surface area contributed by atoms with E-state index in [0.717, 1.165) is 25.7 Å². The van der Waals surface area contributed by atoms with Gasteiger partial charge in [-0.1, -0.05) is 36.8 Å². The molecule has 2 fully saturated rings. The summed E-state index contributed by atoms with van der Waals surface area (Å²) in [5, 5.41) is 41.9. The van der Waals surface area contributed by atoms with Crippen molar-refractivity contribution in [3.05, 3.63) is 46.7 Å². The highest BCUT2D eigenvalue weighted by atomic mass is 32.1. The van der Waals surface area contributed by atoms with Gasteiger partial charge in [-0.15, -0.1) is 11.3 Å². The summed E-state index contributed by atoms with van der Waals surface area (Å²) in [4.78, 5) is 11.9. The lowest BCUT2D eigenvalue weighted by molar-refractivity contribution is -0.137. The Kier molecular flexibility index (Phi) is 9.10. The molecule has 3 rings (SSSR count). The number of aliphatic carboxylic acids is 1. The molecule has 2 aliphatic carbocycles. The van der Waals surface area contributed by atoms with Gasteiger partial charge in [0.05, 0.1) is 24.2 Å². The van der Waals surface area contributed by atoms with Gasteiger partial charge in [0, 0.05) is 22.6 Å². The van der Waals surface area contributed by atoms with Crippen LogP contribution in [-0.4, -0.2) is 33.5 Å². The molecule has 0 radical (unpaired) electrons. The third-order valence-corrected chi connectivity index (χ3v) is 8.21. The molecule has 2 saturated carbocycles. The zero-order valence-electron chi connectivity index (χ0n) is 18.6. The molecule has 174 valence electrons. The number of nitrogens with zero attached hydrogens (tertiary/aromatic N) is 1. The standard InChI is InChI=1S/C26H35NO4S/c27-18-19-16-23(28)22(21(19)9-3-1-2-4-12-25(30)31)10-5-11-24(29)26(13-7-14-26)17-20-8-6-15-32-20/h1,3,5-6,8,10,15,19,21-24,28-29H,2,4,7,9,11-14,16-17H2,(H,30,31)/b3-1-,10-5+/t19-,21-,22+,23+,24?/m0/s1. The van der Waals surface area contributed by atoms with E-state index in [-0.39, 0.29) is 29.6 Å². The van der Waals surface area contributed by atoms with E-state index in [2.05, 4.69) is 23.6 Å². The molecule has 1 aromatic heterocycles. The second-order valence-corrected chi connectivity index (χ2v) is 10.5. The summed E-state index contributed by atoms with van der Waals surface area (Å²) in [5.74, 6) is -1.02. The van der Waals surface area contributed by atoms with Gasteiger partial charge in [-0.2, -0.15) is 5.26 Å². The minimum Gasteiger partial charge on any atom is -0.481 e. The molecule has 3 N–H and O–H groups in total. The molecule has 0 amide bonds. The minimum absolute atomic E-state index is 0.0310. The van der Waals surface area contributed by atoms with E-state index in [0.29, 0.717) is 32.1 Å². The summed E-state index contributed by atoms with van der Waals surface area (Å²) in [7, 11) is 0. The summed E-state index contributed by atoms with van der Waals surface area (Å²) in [5.41, 5.74) is -0.0310. The molecule has 1 heterocycles. The number of hydrogen-bond acceptors (Lipinski definition) is 5. The Bertz CT molecular complexity index is 821. The van der Waals surface area contributed by atoms with Crippen molar-refractivity contribution in [3.8, 4) is 6.07 Å². The Balaban J connectivity index is 1.55. The molecule has 1 aromatic rings. The number of nitriles is 1. The van der Waals surface area contributed by atoms with Gasteiger partial charge >= 0.3 is 5.97 Å². The molecule has 5 nitrogen and oxygen atoms in total. The van der Waals surface area contributed by atoms with E-state index in [1.165, 1.54) is 4.88 Å². The van der Waals surface area contributed by atoms with Gasteiger partial charge in [-0.05, 0) is 68.7 Å².